The maximum absolute atomic E-state index is 14.0. The van der Waals surface area contributed by atoms with Gasteiger partial charge in [-0.1, -0.05) is 46.8 Å². The van der Waals surface area contributed by atoms with Crippen LogP contribution in [0.4, 0.5) is 5.69 Å². The molecule has 1 aromatic rings. The summed E-state index contributed by atoms with van der Waals surface area (Å²) in [5.41, 5.74) is -0.212. The van der Waals surface area contributed by atoms with Crippen molar-refractivity contribution >= 4 is 29.3 Å². The van der Waals surface area contributed by atoms with E-state index < -0.39 is 41.5 Å². The number of piperidine rings is 1. The van der Waals surface area contributed by atoms with Gasteiger partial charge in [-0.15, -0.1) is 0 Å². The van der Waals surface area contributed by atoms with Crippen LogP contribution in [-0.4, -0.2) is 72.0 Å². The number of benzene rings is 1. The van der Waals surface area contributed by atoms with Crippen molar-refractivity contribution in [3.63, 3.8) is 0 Å². The molecule has 0 spiro atoms. The molecule has 2 saturated carbocycles. The van der Waals surface area contributed by atoms with Gasteiger partial charge in [-0.05, 0) is 47.6 Å². The van der Waals surface area contributed by atoms with Gasteiger partial charge in [0.15, 0.2) is 6.10 Å². The molecule has 2 unspecified atom stereocenters. The molecule has 220 valence electrons. The van der Waals surface area contributed by atoms with Crippen molar-refractivity contribution in [2.75, 3.05) is 18.5 Å². The third-order valence-corrected chi connectivity index (χ3v) is 8.78. The van der Waals surface area contributed by atoms with Crippen LogP contribution in [-0.2, 0) is 23.9 Å². The van der Waals surface area contributed by atoms with Crippen LogP contribution in [0.15, 0.2) is 24.3 Å². The molecular weight excluding hydrogens is 526 g/mol. The Bertz CT molecular complexity index is 1280. The molecule has 3 fully saturated rings. The van der Waals surface area contributed by atoms with Crippen molar-refractivity contribution in [1.29, 1.82) is 5.26 Å². The predicted octanol–water partition coefficient (Wildman–Crippen LogP) is 1.98. The van der Waals surface area contributed by atoms with E-state index in [-0.39, 0.29) is 48.2 Å². The molecule has 4 amide bonds. The summed E-state index contributed by atoms with van der Waals surface area (Å²) in [4.78, 5) is 54.5. The van der Waals surface area contributed by atoms with Gasteiger partial charge < -0.3 is 30.3 Å². The summed E-state index contributed by atoms with van der Waals surface area (Å²) in [6.07, 6.45) is 0.972. The summed E-state index contributed by atoms with van der Waals surface area (Å²) < 4.78 is 11.3. The minimum Gasteiger partial charge on any atom is -0.478 e. The van der Waals surface area contributed by atoms with Gasteiger partial charge in [0.1, 0.15) is 30.5 Å². The number of carbonyl (C=O) groups excluding carboxylic acids is 4. The van der Waals surface area contributed by atoms with Crippen LogP contribution < -0.4 is 20.7 Å². The largest absolute Gasteiger partial charge is 0.478 e. The average molecular weight is 566 g/mol. The van der Waals surface area contributed by atoms with E-state index in [1.54, 1.807) is 29.2 Å². The molecular formula is C30H39N5O6. The van der Waals surface area contributed by atoms with Gasteiger partial charge in [0, 0.05) is 13.0 Å². The van der Waals surface area contributed by atoms with Crippen LogP contribution in [0.5, 0.6) is 5.75 Å². The standard InChI is InChI=1S/C30H39N5O6/c1-29(2,3)25(34-22(36)15-40-17-10-11-17)28(39)35-14-18-23(30(18,4)5)24(35)27(38)32-16(13-31)12-21-26(37)33-19-8-6-7-9-20(19)41-21/h6-9,16-18,21,23-25H,10-12,14-15H2,1-5H3,(H,32,38)(H,33,37)(H,34,36)/t16?,18-,21-,23-,24-,25?/m0/s1. The summed E-state index contributed by atoms with van der Waals surface area (Å²) in [5, 5.41) is 18.3. The summed E-state index contributed by atoms with van der Waals surface area (Å²) in [6.45, 7) is 10.0. The van der Waals surface area contributed by atoms with Crippen molar-refractivity contribution in [2.45, 2.75) is 84.2 Å². The number of nitrogens with zero attached hydrogens (tertiary/aromatic N) is 2. The van der Waals surface area contributed by atoms with E-state index in [1.165, 1.54) is 0 Å². The van der Waals surface area contributed by atoms with Crippen molar-refractivity contribution in [3.05, 3.63) is 24.3 Å². The van der Waals surface area contributed by atoms with E-state index in [0.717, 1.165) is 12.8 Å². The number of likely N-dealkylation sites (tertiary alicyclic amines) is 1. The second-order valence-electron chi connectivity index (χ2n) is 13.3. The summed E-state index contributed by atoms with van der Waals surface area (Å²) in [7, 11) is 0. The van der Waals surface area contributed by atoms with E-state index in [9.17, 15) is 24.4 Å². The van der Waals surface area contributed by atoms with E-state index in [4.69, 9.17) is 9.47 Å². The normalized spacial score (nSPS) is 27.2. The molecule has 2 aliphatic heterocycles. The lowest BCUT2D eigenvalue weighted by Gasteiger charge is -2.38. The Morgan fingerprint density at radius 3 is 2.59 bits per heavy atom. The molecule has 6 atom stereocenters. The van der Waals surface area contributed by atoms with E-state index in [1.807, 2.05) is 20.8 Å². The molecule has 2 heterocycles. The van der Waals surface area contributed by atoms with Crippen LogP contribution in [0.2, 0.25) is 0 Å². The van der Waals surface area contributed by atoms with Gasteiger partial charge in [-0.25, -0.2) is 0 Å². The van der Waals surface area contributed by atoms with Crippen LogP contribution >= 0.6 is 0 Å². The Morgan fingerprint density at radius 1 is 1.22 bits per heavy atom. The minimum absolute atomic E-state index is 0.0533. The first-order valence-corrected chi connectivity index (χ1v) is 14.3. The quantitative estimate of drug-likeness (QED) is 0.414. The highest BCUT2D eigenvalue weighted by Crippen LogP contribution is 2.65. The molecule has 2 aliphatic carbocycles. The number of nitriles is 1. The second-order valence-corrected chi connectivity index (χ2v) is 13.3. The van der Waals surface area contributed by atoms with Gasteiger partial charge in [0.2, 0.25) is 17.7 Å². The maximum atomic E-state index is 14.0. The van der Waals surface area contributed by atoms with Crippen molar-refractivity contribution in [2.24, 2.45) is 22.7 Å². The van der Waals surface area contributed by atoms with E-state index >= 15 is 0 Å². The van der Waals surface area contributed by atoms with Gasteiger partial charge >= 0.3 is 0 Å². The summed E-state index contributed by atoms with van der Waals surface area (Å²) in [6, 6.07) is 6.40. The Morgan fingerprint density at radius 2 is 1.93 bits per heavy atom. The SMILES string of the molecule is CC(C)(C)C(NC(=O)COC1CC1)C(=O)N1C[C@H]2[C@@H]([C@H]1C(=O)NC(C#N)C[C@@H]1Oc3ccccc3NC1=O)C2(C)C. The van der Waals surface area contributed by atoms with Gasteiger partial charge in [0.25, 0.3) is 5.91 Å². The number of ether oxygens (including phenoxy) is 2. The molecule has 4 aliphatic rings. The molecule has 11 nitrogen and oxygen atoms in total. The number of anilines is 1. The monoisotopic (exact) mass is 565 g/mol. The van der Waals surface area contributed by atoms with E-state index in [0.29, 0.717) is 18.0 Å². The summed E-state index contributed by atoms with van der Waals surface area (Å²) in [5.74, 6) is -1.01. The highest BCUT2D eigenvalue weighted by atomic mass is 16.5. The number of carbonyl (C=O) groups is 4. The number of para-hydroxylation sites is 2. The Hall–Kier alpha value is -3.65. The fourth-order valence-electron chi connectivity index (χ4n) is 6.12. The Kier molecular flexibility index (Phi) is 7.49. The zero-order chi connectivity index (χ0) is 29.7. The van der Waals surface area contributed by atoms with E-state index in [2.05, 4.69) is 35.9 Å². The molecule has 41 heavy (non-hydrogen) atoms. The lowest BCUT2D eigenvalue weighted by molar-refractivity contribution is -0.146. The summed E-state index contributed by atoms with van der Waals surface area (Å²) >= 11 is 0. The highest BCUT2D eigenvalue weighted by Gasteiger charge is 2.69. The lowest BCUT2D eigenvalue weighted by Crippen LogP contribution is -2.60. The third kappa shape index (κ3) is 5.89. The number of fused-ring (bicyclic) bond motifs is 2. The zero-order valence-electron chi connectivity index (χ0n) is 24.2. The van der Waals surface area contributed by atoms with Gasteiger partial charge in [-0.2, -0.15) is 5.26 Å². The molecule has 0 aromatic heterocycles. The number of rotatable bonds is 9. The second kappa shape index (κ2) is 10.6. The first kappa shape index (κ1) is 28.9. The van der Waals surface area contributed by atoms with Crippen molar-refractivity contribution in [1.82, 2.24) is 15.5 Å². The topological polar surface area (TPSA) is 150 Å². The van der Waals surface area contributed by atoms with Crippen molar-refractivity contribution in [3.8, 4) is 11.8 Å². The predicted molar refractivity (Wildman–Crippen MR) is 148 cm³/mol. The number of amides is 4. The minimum atomic E-state index is -1.01. The first-order chi connectivity index (χ1) is 19.3. The molecule has 1 saturated heterocycles. The van der Waals surface area contributed by atoms with Crippen molar-refractivity contribution < 1.29 is 28.7 Å². The molecule has 5 rings (SSSR count). The Labute approximate surface area is 240 Å². The third-order valence-electron chi connectivity index (χ3n) is 8.78. The maximum Gasteiger partial charge on any atom is 0.265 e. The number of hydrogen-bond donors (Lipinski definition) is 3. The smallest absolute Gasteiger partial charge is 0.265 e. The zero-order valence-corrected chi connectivity index (χ0v) is 24.2. The van der Waals surface area contributed by atoms with Crippen LogP contribution in [0.3, 0.4) is 0 Å². The van der Waals surface area contributed by atoms with Crippen LogP contribution in [0.1, 0.15) is 53.9 Å². The number of nitrogens with one attached hydrogen (secondary N) is 3. The molecule has 0 bridgehead atoms. The first-order valence-electron chi connectivity index (χ1n) is 14.3. The molecule has 3 N–H and O–H groups in total. The average Bonchev–Trinajstić information content (AvgIpc) is 3.77. The fraction of sp³-hybridized carbons (Fsp3) is 0.633. The number of hydrogen-bond acceptors (Lipinski definition) is 7. The lowest BCUT2D eigenvalue weighted by atomic mass is 9.85. The molecule has 0 radical (unpaired) electrons. The Balaban J connectivity index is 1.28. The van der Waals surface area contributed by atoms with Crippen LogP contribution in [0, 0.1) is 34.0 Å². The van der Waals surface area contributed by atoms with Crippen LogP contribution in [0.25, 0.3) is 0 Å². The van der Waals surface area contributed by atoms with Gasteiger partial charge in [-0.3, -0.25) is 19.2 Å². The molecule has 1 aromatic carbocycles. The fourth-order valence-corrected chi connectivity index (χ4v) is 6.12. The molecule has 11 heteroatoms. The highest BCUT2D eigenvalue weighted by molar-refractivity contribution is 5.98. The van der Waals surface area contributed by atoms with Gasteiger partial charge in [0.05, 0.1) is 17.9 Å².